The fourth-order valence-electron chi connectivity index (χ4n) is 0.949. The summed E-state index contributed by atoms with van der Waals surface area (Å²) in [7, 11) is 0. The van der Waals surface area contributed by atoms with Crippen LogP contribution >= 0.6 is 0 Å². The second-order valence-corrected chi connectivity index (χ2v) is 2.27. The first-order valence-electron chi connectivity index (χ1n) is 3.55. The van der Waals surface area contributed by atoms with E-state index in [1.165, 1.54) is 16.9 Å². The average Bonchev–Trinajstić information content (AvgIpc) is 2.49. The Morgan fingerprint density at radius 1 is 1.92 bits per heavy atom. The molecule has 1 heterocycles. The van der Waals surface area contributed by atoms with E-state index in [1.54, 1.807) is 6.92 Å². The molecule has 1 atom stereocenters. The van der Waals surface area contributed by atoms with Crippen molar-refractivity contribution in [2.45, 2.75) is 19.6 Å². The number of halogens is 1. The van der Waals surface area contributed by atoms with E-state index in [1.807, 2.05) is 0 Å². The van der Waals surface area contributed by atoms with Crippen LogP contribution < -0.4 is 0 Å². The Balaban J connectivity index is 2.93. The molecule has 66 valence electrons. The monoisotopic (exact) mass is 172 g/mol. The van der Waals surface area contributed by atoms with Crippen molar-refractivity contribution in [3.8, 4) is 0 Å². The van der Waals surface area contributed by atoms with Crippen LogP contribution in [0.1, 0.15) is 18.8 Å². The Bertz CT molecular complexity index is 285. The molecule has 1 unspecified atom stereocenters. The van der Waals surface area contributed by atoms with Crippen molar-refractivity contribution >= 4 is 5.97 Å². The molecule has 0 saturated carbocycles. The Kier molecular flexibility index (Phi) is 2.42. The lowest BCUT2D eigenvalue weighted by atomic mass is 10.3. The Hall–Kier alpha value is -1.39. The van der Waals surface area contributed by atoms with Crippen LogP contribution in [0.5, 0.6) is 0 Å². The molecule has 1 rings (SSSR count). The minimum absolute atomic E-state index is 0.0880. The zero-order valence-electron chi connectivity index (χ0n) is 6.57. The molecule has 1 aromatic rings. The van der Waals surface area contributed by atoms with E-state index in [0.29, 0.717) is 6.54 Å². The van der Waals surface area contributed by atoms with E-state index in [9.17, 15) is 9.18 Å². The van der Waals surface area contributed by atoms with E-state index >= 15 is 0 Å². The third-order valence-electron chi connectivity index (χ3n) is 1.53. The third-order valence-corrected chi connectivity index (χ3v) is 1.53. The standard InChI is InChI=1S/C7H9FN2O2/c1-2-10-5(3-4-9-10)6(8)7(11)12/h3-4,6H,2H2,1H3,(H,11,12). The van der Waals surface area contributed by atoms with Crippen molar-refractivity contribution in [2.75, 3.05) is 0 Å². The van der Waals surface area contributed by atoms with Gasteiger partial charge in [-0.3, -0.25) is 4.68 Å². The first kappa shape index (κ1) is 8.70. The average molecular weight is 172 g/mol. The number of aryl methyl sites for hydroxylation is 1. The van der Waals surface area contributed by atoms with Crippen molar-refractivity contribution in [3.05, 3.63) is 18.0 Å². The summed E-state index contributed by atoms with van der Waals surface area (Å²) >= 11 is 0. The van der Waals surface area contributed by atoms with Crippen molar-refractivity contribution in [1.29, 1.82) is 0 Å². The summed E-state index contributed by atoms with van der Waals surface area (Å²) in [4.78, 5) is 10.2. The van der Waals surface area contributed by atoms with Crippen LogP contribution in [0.25, 0.3) is 0 Å². The predicted molar refractivity (Wildman–Crippen MR) is 39.4 cm³/mol. The number of carbonyl (C=O) groups is 1. The predicted octanol–water partition coefficient (Wildman–Crippen LogP) is 0.998. The molecule has 0 aliphatic heterocycles. The highest BCUT2D eigenvalue weighted by Crippen LogP contribution is 2.16. The van der Waals surface area contributed by atoms with E-state index in [0.717, 1.165) is 0 Å². The summed E-state index contributed by atoms with van der Waals surface area (Å²) in [5.74, 6) is -1.48. The molecule has 0 saturated heterocycles. The second kappa shape index (κ2) is 3.34. The number of nitrogens with zero attached hydrogens (tertiary/aromatic N) is 2. The molecule has 0 aliphatic rings. The molecular weight excluding hydrogens is 163 g/mol. The fourth-order valence-corrected chi connectivity index (χ4v) is 0.949. The van der Waals surface area contributed by atoms with Gasteiger partial charge in [0.2, 0.25) is 6.17 Å². The van der Waals surface area contributed by atoms with Crippen molar-refractivity contribution in [3.63, 3.8) is 0 Å². The van der Waals surface area contributed by atoms with Gasteiger partial charge in [-0.2, -0.15) is 5.10 Å². The minimum Gasteiger partial charge on any atom is -0.479 e. The normalized spacial score (nSPS) is 12.8. The summed E-state index contributed by atoms with van der Waals surface area (Å²) in [6.07, 6.45) is -0.596. The molecule has 0 amide bonds. The van der Waals surface area contributed by atoms with Crippen LogP contribution in [0.4, 0.5) is 4.39 Å². The zero-order chi connectivity index (χ0) is 9.14. The van der Waals surface area contributed by atoms with Gasteiger partial charge in [0.15, 0.2) is 0 Å². The molecule has 0 aliphatic carbocycles. The van der Waals surface area contributed by atoms with Gasteiger partial charge >= 0.3 is 5.97 Å². The molecule has 0 spiro atoms. The Labute approximate surface area is 68.6 Å². The molecule has 5 heteroatoms. The molecule has 0 radical (unpaired) electrons. The number of hydrogen-bond acceptors (Lipinski definition) is 2. The SMILES string of the molecule is CCn1nccc1C(F)C(=O)O. The number of carboxylic acids is 1. The van der Waals surface area contributed by atoms with Gasteiger partial charge in [-0.05, 0) is 13.0 Å². The number of hydrogen-bond donors (Lipinski definition) is 1. The number of alkyl halides is 1. The Morgan fingerprint density at radius 3 is 3.08 bits per heavy atom. The van der Waals surface area contributed by atoms with Gasteiger partial charge in [-0.1, -0.05) is 0 Å². The minimum atomic E-state index is -1.98. The highest BCUT2D eigenvalue weighted by atomic mass is 19.1. The summed E-state index contributed by atoms with van der Waals surface area (Å²) in [5, 5.41) is 12.1. The largest absolute Gasteiger partial charge is 0.479 e. The lowest BCUT2D eigenvalue weighted by Gasteiger charge is -2.04. The smallest absolute Gasteiger partial charge is 0.344 e. The molecule has 0 bridgehead atoms. The number of carboxylic acid groups (broad SMARTS) is 1. The Morgan fingerprint density at radius 2 is 2.58 bits per heavy atom. The molecule has 4 nitrogen and oxygen atoms in total. The number of aromatic nitrogens is 2. The van der Waals surface area contributed by atoms with Crippen LogP contribution in [0.2, 0.25) is 0 Å². The van der Waals surface area contributed by atoms with Gasteiger partial charge in [0.05, 0.1) is 5.69 Å². The van der Waals surface area contributed by atoms with Crippen molar-refractivity contribution in [2.24, 2.45) is 0 Å². The lowest BCUT2D eigenvalue weighted by molar-refractivity contribution is -0.143. The summed E-state index contributed by atoms with van der Waals surface area (Å²) < 4.78 is 14.2. The third kappa shape index (κ3) is 1.44. The molecule has 0 aromatic carbocycles. The van der Waals surface area contributed by atoms with Gasteiger partial charge in [0.1, 0.15) is 0 Å². The number of rotatable bonds is 3. The number of aliphatic carboxylic acids is 1. The fraction of sp³-hybridized carbons (Fsp3) is 0.429. The van der Waals surface area contributed by atoms with Crippen LogP contribution in [0.3, 0.4) is 0 Å². The first-order valence-corrected chi connectivity index (χ1v) is 3.55. The van der Waals surface area contributed by atoms with Crippen LogP contribution in [-0.2, 0) is 11.3 Å². The highest BCUT2D eigenvalue weighted by Gasteiger charge is 2.21. The maximum atomic E-state index is 12.9. The van der Waals surface area contributed by atoms with E-state index in [2.05, 4.69) is 5.10 Å². The van der Waals surface area contributed by atoms with Crippen molar-refractivity contribution < 1.29 is 14.3 Å². The van der Waals surface area contributed by atoms with E-state index in [-0.39, 0.29) is 5.69 Å². The zero-order valence-corrected chi connectivity index (χ0v) is 6.57. The van der Waals surface area contributed by atoms with Gasteiger partial charge in [-0.15, -0.1) is 0 Å². The maximum Gasteiger partial charge on any atom is 0.344 e. The molecule has 12 heavy (non-hydrogen) atoms. The quantitative estimate of drug-likeness (QED) is 0.739. The highest BCUT2D eigenvalue weighted by molar-refractivity contribution is 5.73. The van der Waals surface area contributed by atoms with Gasteiger partial charge in [0, 0.05) is 12.7 Å². The molecular formula is C7H9FN2O2. The summed E-state index contributed by atoms with van der Waals surface area (Å²) in [6, 6.07) is 1.36. The van der Waals surface area contributed by atoms with Gasteiger partial charge in [-0.25, -0.2) is 9.18 Å². The van der Waals surface area contributed by atoms with E-state index in [4.69, 9.17) is 5.11 Å². The molecule has 1 aromatic heterocycles. The van der Waals surface area contributed by atoms with E-state index < -0.39 is 12.1 Å². The second-order valence-electron chi connectivity index (χ2n) is 2.27. The van der Waals surface area contributed by atoms with Crippen LogP contribution in [0.15, 0.2) is 12.3 Å². The summed E-state index contributed by atoms with van der Waals surface area (Å²) in [6.45, 7) is 2.24. The summed E-state index contributed by atoms with van der Waals surface area (Å²) in [5.41, 5.74) is 0.0880. The van der Waals surface area contributed by atoms with Gasteiger partial charge in [0.25, 0.3) is 0 Å². The van der Waals surface area contributed by atoms with Crippen LogP contribution in [-0.4, -0.2) is 20.9 Å². The van der Waals surface area contributed by atoms with Crippen LogP contribution in [0, 0.1) is 0 Å². The lowest BCUT2D eigenvalue weighted by Crippen LogP contribution is -2.12. The van der Waals surface area contributed by atoms with Crippen molar-refractivity contribution in [1.82, 2.24) is 9.78 Å². The maximum absolute atomic E-state index is 12.9. The first-order chi connectivity index (χ1) is 5.66. The topological polar surface area (TPSA) is 55.1 Å². The molecule has 1 N–H and O–H groups in total. The van der Waals surface area contributed by atoms with Gasteiger partial charge < -0.3 is 5.11 Å². The molecule has 0 fully saturated rings.